The van der Waals surface area contributed by atoms with Crippen molar-refractivity contribution in [2.75, 3.05) is 11.4 Å². The maximum Gasteiger partial charge on any atom is 0.241 e. The number of amides is 2. The Morgan fingerprint density at radius 2 is 2.17 bits per heavy atom. The zero-order valence-corrected chi connectivity index (χ0v) is 15.0. The molecule has 1 N–H and O–H groups in total. The summed E-state index contributed by atoms with van der Waals surface area (Å²) in [6, 6.07) is 4.07. The van der Waals surface area contributed by atoms with E-state index >= 15 is 0 Å². The number of carbonyl (C=O) groups excluding carboxylic acids is 2. The molecule has 1 atom stereocenters. The molecule has 24 heavy (non-hydrogen) atoms. The topological polar surface area (TPSA) is 62.3 Å². The molecule has 1 aliphatic heterocycles. The minimum atomic E-state index is -0.373. The molecule has 130 valence electrons. The zero-order valence-electron chi connectivity index (χ0n) is 14.2. The monoisotopic (exact) mass is 347 g/mol. The van der Waals surface area contributed by atoms with Gasteiger partial charge in [-0.25, -0.2) is 4.98 Å². The Kier molecular flexibility index (Phi) is 5.76. The SMILES string of the molecule is CCCN1C(=O)[C@H](CC(=O)NC2CCCCC2)Sc2ncccc21. The smallest absolute Gasteiger partial charge is 0.241 e. The summed E-state index contributed by atoms with van der Waals surface area (Å²) in [7, 11) is 0. The number of rotatable bonds is 5. The lowest BCUT2D eigenvalue weighted by Gasteiger charge is -2.33. The van der Waals surface area contributed by atoms with E-state index in [9.17, 15) is 9.59 Å². The predicted octanol–water partition coefficient (Wildman–Crippen LogP) is 3.14. The Balaban J connectivity index is 1.67. The number of hydrogen-bond donors (Lipinski definition) is 1. The average molecular weight is 347 g/mol. The van der Waals surface area contributed by atoms with Crippen LogP contribution in [0.4, 0.5) is 5.69 Å². The van der Waals surface area contributed by atoms with Crippen molar-refractivity contribution in [2.45, 2.75) is 68.2 Å². The minimum absolute atomic E-state index is 0.0106. The van der Waals surface area contributed by atoms with Gasteiger partial charge in [-0.15, -0.1) is 0 Å². The van der Waals surface area contributed by atoms with E-state index in [1.165, 1.54) is 31.0 Å². The van der Waals surface area contributed by atoms with Crippen LogP contribution < -0.4 is 10.2 Å². The molecule has 1 aliphatic carbocycles. The van der Waals surface area contributed by atoms with E-state index in [4.69, 9.17) is 0 Å². The van der Waals surface area contributed by atoms with Crippen LogP contribution in [0.3, 0.4) is 0 Å². The predicted molar refractivity (Wildman–Crippen MR) is 96.2 cm³/mol. The Hall–Kier alpha value is -1.56. The number of nitrogens with zero attached hydrogens (tertiary/aromatic N) is 2. The highest BCUT2D eigenvalue weighted by Gasteiger charge is 2.35. The van der Waals surface area contributed by atoms with Crippen LogP contribution in [-0.2, 0) is 9.59 Å². The van der Waals surface area contributed by atoms with Crippen LogP contribution in [0.1, 0.15) is 51.9 Å². The van der Waals surface area contributed by atoms with Gasteiger partial charge < -0.3 is 10.2 Å². The van der Waals surface area contributed by atoms with Crippen LogP contribution in [0, 0.1) is 0 Å². The molecule has 1 aromatic heterocycles. The lowest BCUT2D eigenvalue weighted by molar-refractivity contribution is -0.125. The van der Waals surface area contributed by atoms with Gasteiger partial charge in [0.1, 0.15) is 5.03 Å². The quantitative estimate of drug-likeness (QED) is 0.889. The van der Waals surface area contributed by atoms with Crippen LogP contribution in [0.2, 0.25) is 0 Å². The van der Waals surface area contributed by atoms with Crippen molar-refractivity contribution in [3.8, 4) is 0 Å². The highest BCUT2D eigenvalue weighted by molar-refractivity contribution is 8.00. The third-order valence-electron chi connectivity index (χ3n) is 4.63. The van der Waals surface area contributed by atoms with E-state index in [0.29, 0.717) is 6.54 Å². The molecule has 2 amide bonds. The molecule has 0 unspecified atom stereocenters. The van der Waals surface area contributed by atoms with Gasteiger partial charge in [0.15, 0.2) is 0 Å². The van der Waals surface area contributed by atoms with Crippen molar-refractivity contribution in [1.82, 2.24) is 10.3 Å². The number of hydrogen-bond acceptors (Lipinski definition) is 4. The fraction of sp³-hybridized carbons (Fsp3) is 0.611. The van der Waals surface area contributed by atoms with Gasteiger partial charge in [0.2, 0.25) is 11.8 Å². The second-order valence-corrected chi connectivity index (χ2v) is 7.72. The lowest BCUT2D eigenvalue weighted by Crippen LogP contribution is -2.45. The average Bonchev–Trinajstić information content (AvgIpc) is 2.59. The number of anilines is 1. The molecule has 5 nitrogen and oxygen atoms in total. The minimum Gasteiger partial charge on any atom is -0.353 e. The third kappa shape index (κ3) is 3.91. The first-order valence-corrected chi connectivity index (χ1v) is 9.79. The first kappa shape index (κ1) is 17.3. The maximum atomic E-state index is 12.8. The first-order valence-electron chi connectivity index (χ1n) is 8.91. The highest BCUT2D eigenvalue weighted by atomic mass is 32.2. The Bertz CT molecular complexity index is 602. The van der Waals surface area contributed by atoms with E-state index in [0.717, 1.165) is 30.0 Å². The normalized spacial score (nSPS) is 21.5. The van der Waals surface area contributed by atoms with Crippen molar-refractivity contribution in [1.29, 1.82) is 0 Å². The van der Waals surface area contributed by atoms with E-state index in [-0.39, 0.29) is 29.5 Å². The summed E-state index contributed by atoms with van der Waals surface area (Å²) in [5, 5.41) is 3.59. The van der Waals surface area contributed by atoms with Gasteiger partial charge in [0, 0.05) is 25.2 Å². The molecule has 0 spiro atoms. The van der Waals surface area contributed by atoms with Crippen LogP contribution in [0.25, 0.3) is 0 Å². The molecule has 2 heterocycles. The summed E-state index contributed by atoms with van der Waals surface area (Å²) in [6.45, 7) is 2.72. The molecule has 1 fully saturated rings. The molecule has 3 rings (SSSR count). The summed E-state index contributed by atoms with van der Waals surface area (Å²) in [5.41, 5.74) is 0.873. The molecule has 0 saturated heterocycles. The number of thioether (sulfide) groups is 1. The number of pyridine rings is 1. The number of nitrogens with one attached hydrogen (secondary N) is 1. The van der Waals surface area contributed by atoms with Crippen molar-refractivity contribution in [3.63, 3.8) is 0 Å². The van der Waals surface area contributed by atoms with Gasteiger partial charge in [-0.1, -0.05) is 37.9 Å². The molecule has 0 bridgehead atoms. The summed E-state index contributed by atoms with van der Waals surface area (Å²) >= 11 is 1.42. The van der Waals surface area contributed by atoms with Crippen LogP contribution in [0.15, 0.2) is 23.4 Å². The second-order valence-electron chi connectivity index (χ2n) is 6.53. The molecular weight excluding hydrogens is 322 g/mol. The highest BCUT2D eigenvalue weighted by Crippen LogP contribution is 2.38. The van der Waals surface area contributed by atoms with Gasteiger partial charge in [-0.05, 0) is 31.4 Å². The fourth-order valence-electron chi connectivity index (χ4n) is 3.44. The first-order chi connectivity index (χ1) is 11.7. The van der Waals surface area contributed by atoms with Gasteiger partial charge in [-0.3, -0.25) is 9.59 Å². The molecular formula is C18H25N3O2S. The second kappa shape index (κ2) is 8.01. The zero-order chi connectivity index (χ0) is 16.9. The van der Waals surface area contributed by atoms with Gasteiger partial charge in [-0.2, -0.15) is 0 Å². The molecule has 0 aromatic carbocycles. The van der Waals surface area contributed by atoms with Gasteiger partial charge in [0.25, 0.3) is 0 Å². The third-order valence-corrected chi connectivity index (χ3v) is 5.82. The van der Waals surface area contributed by atoms with Crippen molar-refractivity contribution in [2.24, 2.45) is 0 Å². The van der Waals surface area contributed by atoms with E-state index in [1.807, 2.05) is 12.1 Å². The van der Waals surface area contributed by atoms with Gasteiger partial charge >= 0.3 is 0 Å². The molecule has 1 saturated carbocycles. The summed E-state index contributed by atoms with van der Waals surface area (Å²) in [6.07, 6.45) is 8.60. The number of aromatic nitrogens is 1. The lowest BCUT2D eigenvalue weighted by atomic mass is 9.95. The van der Waals surface area contributed by atoms with Crippen molar-refractivity contribution < 1.29 is 9.59 Å². The van der Waals surface area contributed by atoms with Crippen molar-refractivity contribution in [3.05, 3.63) is 18.3 Å². The Labute approximate surface area is 147 Å². The van der Waals surface area contributed by atoms with E-state index in [2.05, 4.69) is 17.2 Å². The number of carbonyl (C=O) groups is 2. The van der Waals surface area contributed by atoms with Crippen LogP contribution >= 0.6 is 11.8 Å². The van der Waals surface area contributed by atoms with Crippen LogP contribution in [-0.4, -0.2) is 34.6 Å². The fourth-order valence-corrected chi connectivity index (χ4v) is 4.59. The van der Waals surface area contributed by atoms with Crippen LogP contribution in [0.5, 0.6) is 0 Å². The van der Waals surface area contributed by atoms with Crippen molar-refractivity contribution >= 4 is 29.3 Å². The Morgan fingerprint density at radius 3 is 2.92 bits per heavy atom. The molecule has 6 heteroatoms. The molecule has 0 radical (unpaired) electrons. The Morgan fingerprint density at radius 1 is 1.38 bits per heavy atom. The standard InChI is InChI=1S/C18H25N3O2S/c1-2-11-21-14-9-6-10-19-17(14)24-15(18(21)23)12-16(22)20-13-7-4-3-5-8-13/h6,9-10,13,15H,2-5,7-8,11-12H2,1H3,(H,20,22)/t15-/m0/s1. The maximum absolute atomic E-state index is 12.8. The number of fused-ring (bicyclic) bond motifs is 1. The summed E-state index contributed by atoms with van der Waals surface area (Å²) in [5.74, 6) is 0.0183. The largest absolute Gasteiger partial charge is 0.353 e. The van der Waals surface area contributed by atoms with E-state index < -0.39 is 0 Å². The molecule has 2 aliphatic rings. The van der Waals surface area contributed by atoms with Gasteiger partial charge in [0.05, 0.1) is 10.9 Å². The van der Waals surface area contributed by atoms with E-state index in [1.54, 1.807) is 11.1 Å². The summed E-state index contributed by atoms with van der Waals surface area (Å²) in [4.78, 5) is 31.4. The molecule has 1 aromatic rings. The summed E-state index contributed by atoms with van der Waals surface area (Å²) < 4.78 is 0.